The van der Waals surface area contributed by atoms with Gasteiger partial charge in [0, 0.05) is 19.0 Å². The Morgan fingerprint density at radius 3 is 2.86 bits per heavy atom. The molecular formula is C19H25NS. The van der Waals surface area contributed by atoms with Crippen LogP contribution in [0.3, 0.4) is 0 Å². The Balaban J connectivity index is 1.96. The average molecular weight is 299 g/mol. The van der Waals surface area contributed by atoms with Crippen molar-refractivity contribution in [2.75, 3.05) is 19.0 Å². The first-order valence-electron chi connectivity index (χ1n) is 7.58. The Morgan fingerprint density at radius 1 is 1.38 bits per heavy atom. The molecule has 1 aliphatic carbocycles. The van der Waals surface area contributed by atoms with Gasteiger partial charge in [0.2, 0.25) is 0 Å². The second kappa shape index (κ2) is 7.67. The van der Waals surface area contributed by atoms with Gasteiger partial charge in [-0.2, -0.15) is 12.6 Å². The van der Waals surface area contributed by atoms with Crippen LogP contribution in [0.25, 0.3) is 5.57 Å². The van der Waals surface area contributed by atoms with Gasteiger partial charge in [0.05, 0.1) is 0 Å². The second-order valence-corrected chi connectivity index (χ2v) is 5.89. The molecule has 0 aromatic heterocycles. The van der Waals surface area contributed by atoms with Gasteiger partial charge in [-0.1, -0.05) is 43.5 Å². The van der Waals surface area contributed by atoms with E-state index in [1.165, 1.54) is 27.8 Å². The van der Waals surface area contributed by atoms with Crippen molar-refractivity contribution < 1.29 is 0 Å². The maximum absolute atomic E-state index is 4.44. The van der Waals surface area contributed by atoms with Crippen LogP contribution in [-0.2, 0) is 12.8 Å². The average Bonchev–Trinajstić information content (AvgIpc) is 2.88. The van der Waals surface area contributed by atoms with Crippen LogP contribution in [0.4, 0.5) is 0 Å². The summed E-state index contributed by atoms with van der Waals surface area (Å²) < 4.78 is 0. The molecule has 0 atom stereocenters. The lowest BCUT2D eigenvalue weighted by Gasteiger charge is -2.20. The van der Waals surface area contributed by atoms with Gasteiger partial charge in [-0.25, -0.2) is 0 Å². The normalized spacial score (nSPS) is 14.6. The van der Waals surface area contributed by atoms with E-state index in [1.54, 1.807) is 0 Å². The SMILES string of the molecule is C=C/C(=C\C)CN(CS)CCc1ccc2c(c1)CCC2=C. The highest BCUT2D eigenvalue weighted by Crippen LogP contribution is 2.31. The molecule has 2 heteroatoms. The minimum absolute atomic E-state index is 0.771. The first-order valence-corrected chi connectivity index (χ1v) is 8.22. The lowest BCUT2D eigenvalue weighted by molar-refractivity contribution is 0.356. The molecule has 0 heterocycles. The van der Waals surface area contributed by atoms with E-state index >= 15 is 0 Å². The molecule has 1 aromatic rings. The largest absolute Gasteiger partial charge is 0.290 e. The van der Waals surface area contributed by atoms with Gasteiger partial charge < -0.3 is 0 Å². The second-order valence-electron chi connectivity index (χ2n) is 5.61. The van der Waals surface area contributed by atoms with Crippen molar-refractivity contribution in [3.05, 3.63) is 65.8 Å². The highest BCUT2D eigenvalue weighted by Gasteiger charge is 2.14. The van der Waals surface area contributed by atoms with Gasteiger partial charge in [0.1, 0.15) is 0 Å². The topological polar surface area (TPSA) is 3.24 Å². The van der Waals surface area contributed by atoms with E-state index in [2.05, 4.69) is 61.9 Å². The summed E-state index contributed by atoms with van der Waals surface area (Å²) in [5, 5.41) is 0. The van der Waals surface area contributed by atoms with Crippen LogP contribution in [0, 0.1) is 0 Å². The molecule has 0 saturated heterocycles. The molecule has 0 N–H and O–H groups in total. The number of hydrogen-bond acceptors (Lipinski definition) is 2. The van der Waals surface area contributed by atoms with E-state index in [0.717, 1.165) is 38.2 Å². The van der Waals surface area contributed by atoms with Crippen LogP contribution in [0.1, 0.15) is 30.0 Å². The fourth-order valence-corrected chi connectivity index (χ4v) is 3.03. The van der Waals surface area contributed by atoms with Gasteiger partial charge in [0.25, 0.3) is 0 Å². The number of aryl methyl sites for hydroxylation is 1. The molecule has 1 nitrogen and oxygen atoms in total. The van der Waals surface area contributed by atoms with Crippen LogP contribution in [0.2, 0.25) is 0 Å². The molecule has 0 bridgehead atoms. The molecule has 0 amide bonds. The standard InChI is InChI=1S/C19H25NS/c1-4-16(5-2)13-20(14-21)11-10-17-7-9-19-15(3)6-8-18(19)12-17/h4-5,7,9,12,21H,1,3,6,8,10-11,13-14H2,2H3/b16-5+. The van der Waals surface area contributed by atoms with E-state index in [4.69, 9.17) is 0 Å². The lowest BCUT2D eigenvalue weighted by Crippen LogP contribution is -2.26. The van der Waals surface area contributed by atoms with Crippen LogP contribution in [0.5, 0.6) is 0 Å². The first kappa shape index (κ1) is 16.1. The van der Waals surface area contributed by atoms with E-state index in [0.29, 0.717) is 0 Å². The Labute approximate surface area is 134 Å². The highest BCUT2D eigenvalue weighted by atomic mass is 32.1. The molecule has 0 unspecified atom stereocenters. The summed E-state index contributed by atoms with van der Waals surface area (Å²) in [7, 11) is 0. The van der Waals surface area contributed by atoms with Gasteiger partial charge in [-0.15, -0.1) is 0 Å². The number of hydrogen-bond donors (Lipinski definition) is 1. The third-order valence-electron chi connectivity index (χ3n) is 4.20. The van der Waals surface area contributed by atoms with Gasteiger partial charge in [0.15, 0.2) is 0 Å². The summed E-state index contributed by atoms with van der Waals surface area (Å²) in [6.45, 7) is 12.0. The molecule has 2 rings (SSSR count). The van der Waals surface area contributed by atoms with Crippen molar-refractivity contribution in [2.24, 2.45) is 0 Å². The van der Waals surface area contributed by atoms with Gasteiger partial charge in [-0.05, 0) is 54.0 Å². The molecule has 1 aromatic carbocycles. The summed E-state index contributed by atoms with van der Waals surface area (Å²) in [4.78, 5) is 2.34. The molecule has 21 heavy (non-hydrogen) atoms. The van der Waals surface area contributed by atoms with Crippen molar-refractivity contribution >= 4 is 18.2 Å². The molecule has 0 fully saturated rings. The summed E-state index contributed by atoms with van der Waals surface area (Å²) in [6, 6.07) is 6.84. The maximum Gasteiger partial charge on any atom is 0.0417 e. The fourth-order valence-electron chi connectivity index (χ4n) is 2.79. The van der Waals surface area contributed by atoms with Crippen molar-refractivity contribution in [1.29, 1.82) is 0 Å². The van der Waals surface area contributed by atoms with Crippen molar-refractivity contribution in [2.45, 2.75) is 26.2 Å². The van der Waals surface area contributed by atoms with E-state index in [9.17, 15) is 0 Å². The quantitative estimate of drug-likeness (QED) is 0.440. The molecule has 1 aliphatic rings. The number of rotatable bonds is 7. The Morgan fingerprint density at radius 2 is 2.19 bits per heavy atom. The number of thiol groups is 1. The molecule has 112 valence electrons. The Kier molecular flexibility index (Phi) is 5.89. The highest BCUT2D eigenvalue weighted by molar-refractivity contribution is 7.80. The predicted octanol–water partition coefficient (Wildman–Crippen LogP) is 4.51. The monoisotopic (exact) mass is 299 g/mol. The van der Waals surface area contributed by atoms with Crippen LogP contribution in [0.15, 0.2) is 49.1 Å². The number of fused-ring (bicyclic) bond motifs is 1. The zero-order valence-corrected chi connectivity index (χ0v) is 13.8. The predicted molar refractivity (Wildman–Crippen MR) is 96.9 cm³/mol. The summed E-state index contributed by atoms with van der Waals surface area (Å²) >= 11 is 4.44. The van der Waals surface area contributed by atoms with E-state index in [1.807, 2.05) is 6.08 Å². The van der Waals surface area contributed by atoms with Crippen molar-refractivity contribution in [1.82, 2.24) is 4.90 Å². The number of nitrogens with zero attached hydrogens (tertiary/aromatic N) is 1. The molecule has 0 saturated carbocycles. The number of benzene rings is 1. The van der Waals surface area contributed by atoms with Gasteiger partial charge >= 0.3 is 0 Å². The zero-order chi connectivity index (χ0) is 15.2. The molecule has 0 spiro atoms. The molecule has 0 aliphatic heterocycles. The fraction of sp³-hybridized carbons (Fsp3) is 0.368. The minimum Gasteiger partial charge on any atom is -0.290 e. The third kappa shape index (κ3) is 4.12. The smallest absolute Gasteiger partial charge is 0.0417 e. The van der Waals surface area contributed by atoms with E-state index < -0.39 is 0 Å². The third-order valence-corrected chi connectivity index (χ3v) is 4.60. The van der Waals surface area contributed by atoms with Crippen LogP contribution < -0.4 is 0 Å². The van der Waals surface area contributed by atoms with Crippen LogP contribution in [-0.4, -0.2) is 23.9 Å². The Hall–Kier alpha value is -1.25. The number of allylic oxidation sites excluding steroid dienone is 2. The summed E-state index contributed by atoms with van der Waals surface area (Å²) in [6.07, 6.45) is 7.37. The van der Waals surface area contributed by atoms with Crippen molar-refractivity contribution in [3.8, 4) is 0 Å². The summed E-state index contributed by atoms with van der Waals surface area (Å²) in [5.74, 6) is 0.771. The summed E-state index contributed by atoms with van der Waals surface area (Å²) in [5.41, 5.74) is 6.80. The molecular weight excluding hydrogens is 274 g/mol. The minimum atomic E-state index is 0.771. The zero-order valence-electron chi connectivity index (χ0n) is 12.9. The van der Waals surface area contributed by atoms with Gasteiger partial charge in [-0.3, -0.25) is 4.90 Å². The van der Waals surface area contributed by atoms with Crippen molar-refractivity contribution in [3.63, 3.8) is 0 Å². The maximum atomic E-state index is 4.44. The lowest BCUT2D eigenvalue weighted by atomic mass is 10.0. The van der Waals surface area contributed by atoms with Crippen LogP contribution >= 0.6 is 12.6 Å². The molecule has 0 radical (unpaired) electrons. The Bertz CT molecular complexity index is 557. The van der Waals surface area contributed by atoms with E-state index in [-0.39, 0.29) is 0 Å². The first-order chi connectivity index (χ1) is 10.2.